The molecule has 0 spiro atoms. The molecule has 1 aromatic heterocycles. The van der Waals surface area contributed by atoms with Crippen LogP contribution in [0.1, 0.15) is 68.5 Å². The lowest BCUT2D eigenvalue weighted by molar-refractivity contribution is -0.617. The van der Waals surface area contributed by atoms with Crippen molar-refractivity contribution in [2.75, 3.05) is 50.2 Å². The van der Waals surface area contributed by atoms with Crippen molar-refractivity contribution >= 4 is 23.4 Å². The number of rotatable bonds is 15. The van der Waals surface area contributed by atoms with Crippen molar-refractivity contribution in [3.63, 3.8) is 0 Å². The number of hydrogen-bond acceptors (Lipinski definition) is 7. The standard InChI is InChI=1S/C41H49N3O6/c1-6-7-20-49-21-22-50-35-12-8-30(9-13-35)31-10-15-37-33(24-31)25-32(17-18-43(37)27-28(2)3)41(46)42-34-11-14-36(39(26-34)48-5)40(45)38-23-29(4)16-19-44(38)47/h8-16,19,23-26,28,40,45H,6-7,17-18,20-22,27H2,1-5H3,(H,42,46). The minimum Gasteiger partial charge on any atom is -0.618 e. The van der Waals surface area contributed by atoms with Crippen LogP contribution in [0.25, 0.3) is 17.2 Å². The molecule has 0 saturated heterocycles. The third-order valence-corrected chi connectivity index (χ3v) is 8.72. The maximum absolute atomic E-state index is 13.8. The number of anilines is 2. The average molecular weight is 680 g/mol. The molecule has 1 aliphatic rings. The van der Waals surface area contributed by atoms with Crippen LogP contribution in [0.5, 0.6) is 11.5 Å². The fourth-order valence-corrected chi connectivity index (χ4v) is 6.09. The van der Waals surface area contributed by atoms with Crippen molar-refractivity contribution in [1.29, 1.82) is 0 Å². The maximum Gasteiger partial charge on any atom is 0.251 e. The number of amides is 1. The Hall–Kier alpha value is -4.86. The Balaban J connectivity index is 1.35. The summed E-state index contributed by atoms with van der Waals surface area (Å²) in [6.07, 6.45) is 4.90. The summed E-state index contributed by atoms with van der Waals surface area (Å²) in [7, 11) is 1.50. The van der Waals surface area contributed by atoms with Crippen molar-refractivity contribution < 1.29 is 28.8 Å². The number of aromatic nitrogens is 1. The number of nitrogens with zero attached hydrogens (tertiary/aromatic N) is 2. The second-order valence-electron chi connectivity index (χ2n) is 13.1. The topological polar surface area (TPSA) is 107 Å². The second-order valence-corrected chi connectivity index (χ2v) is 13.1. The molecule has 4 aromatic rings. The number of ether oxygens (including phenoxy) is 3. The number of carbonyl (C=O) groups excluding carboxylic acids is 1. The quantitative estimate of drug-likeness (QED) is 0.0763. The first-order chi connectivity index (χ1) is 24.2. The number of nitrogens with one attached hydrogen (secondary N) is 1. The van der Waals surface area contributed by atoms with Crippen LogP contribution in [-0.2, 0) is 9.53 Å². The molecule has 0 fully saturated rings. The van der Waals surface area contributed by atoms with Gasteiger partial charge in [-0.1, -0.05) is 51.5 Å². The fraction of sp³-hybridized carbons (Fsp3) is 0.366. The molecule has 1 aliphatic heterocycles. The summed E-state index contributed by atoms with van der Waals surface area (Å²) in [6, 6.07) is 22.9. The molecule has 50 heavy (non-hydrogen) atoms. The summed E-state index contributed by atoms with van der Waals surface area (Å²) in [5, 5.41) is 26.5. The van der Waals surface area contributed by atoms with Crippen molar-refractivity contribution in [3.05, 3.63) is 112 Å². The number of unbranched alkanes of at least 4 members (excludes halogenated alkanes) is 1. The van der Waals surface area contributed by atoms with E-state index in [1.54, 1.807) is 30.3 Å². The fourth-order valence-electron chi connectivity index (χ4n) is 6.09. The van der Waals surface area contributed by atoms with E-state index in [2.05, 4.69) is 61.3 Å². The van der Waals surface area contributed by atoms with E-state index in [4.69, 9.17) is 14.2 Å². The van der Waals surface area contributed by atoms with E-state index in [0.717, 1.165) is 59.7 Å². The van der Waals surface area contributed by atoms with Crippen LogP contribution in [0, 0.1) is 18.0 Å². The molecule has 2 N–H and O–H groups in total. The van der Waals surface area contributed by atoms with E-state index >= 15 is 0 Å². The molecule has 0 radical (unpaired) electrons. The zero-order chi connectivity index (χ0) is 35.6. The van der Waals surface area contributed by atoms with Gasteiger partial charge in [0.1, 0.15) is 18.1 Å². The largest absolute Gasteiger partial charge is 0.618 e. The Kier molecular flexibility index (Phi) is 12.5. The molecule has 1 atom stereocenters. The first-order valence-corrected chi connectivity index (χ1v) is 17.4. The van der Waals surface area contributed by atoms with E-state index in [9.17, 15) is 15.1 Å². The molecule has 1 amide bonds. The molecule has 9 nitrogen and oxygen atoms in total. The summed E-state index contributed by atoms with van der Waals surface area (Å²) >= 11 is 0. The van der Waals surface area contributed by atoms with Gasteiger partial charge in [-0.2, -0.15) is 4.73 Å². The number of aliphatic hydroxyl groups is 1. The third kappa shape index (κ3) is 9.22. The summed E-state index contributed by atoms with van der Waals surface area (Å²) in [5.41, 5.74) is 6.85. The normalized spacial score (nSPS) is 13.3. The van der Waals surface area contributed by atoms with Gasteiger partial charge < -0.3 is 34.7 Å². The Morgan fingerprint density at radius 1 is 1.00 bits per heavy atom. The Labute approximate surface area is 295 Å². The van der Waals surface area contributed by atoms with Crippen molar-refractivity contribution in [1.82, 2.24) is 0 Å². The van der Waals surface area contributed by atoms with Crippen LogP contribution in [-0.4, -0.2) is 51.0 Å². The Morgan fingerprint density at radius 2 is 1.78 bits per heavy atom. The van der Waals surface area contributed by atoms with Crippen molar-refractivity contribution in [3.8, 4) is 22.6 Å². The summed E-state index contributed by atoms with van der Waals surface area (Å²) in [5.74, 6) is 1.40. The number of benzene rings is 3. The first-order valence-electron chi connectivity index (χ1n) is 17.4. The number of pyridine rings is 1. The van der Waals surface area contributed by atoms with E-state index < -0.39 is 6.10 Å². The molecule has 2 heterocycles. The smallest absolute Gasteiger partial charge is 0.251 e. The minimum absolute atomic E-state index is 0.195. The van der Waals surface area contributed by atoms with Gasteiger partial charge in [-0.15, -0.1) is 0 Å². The number of fused-ring (bicyclic) bond motifs is 1. The van der Waals surface area contributed by atoms with E-state index in [1.165, 1.54) is 13.3 Å². The van der Waals surface area contributed by atoms with E-state index in [1.807, 2.05) is 25.1 Å². The Morgan fingerprint density at radius 3 is 2.52 bits per heavy atom. The summed E-state index contributed by atoms with van der Waals surface area (Å²) < 4.78 is 17.7. The number of aryl methyl sites for hydroxylation is 1. The Bertz CT molecular complexity index is 1790. The van der Waals surface area contributed by atoms with Gasteiger partial charge in [0.2, 0.25) is 5.69 Å². The van der Waals surface area contributed by atoms with Gasteiger partial charge in [-0.25, -0.2) is 0 Å². The highest BCUT2D eigenvalue weighted by Crippen LogP contribution is 2.35. The average Bonchev–Trinajstić information content (AvgIpc) is 3.29. The highest BCUT2D eigenvalue weighted by Gasteiger charge is 2.25. The number of aliphatic hydroxyl groups excluding tert-OH is 1. The van der Waals surface area contributed by atoms with Crippen molar-refractivity contribution in [2.24, 2.45) is 5.92 Å². The summed E-state index contributed by atoms with van der Waals surface area (Å²) in [6.45, 7) is 11.8. The summed E-state index contributed by atoms with van der Waals surface area (Å²) in [4.78, 5) is 16.1. The minimum atomic E-state index is -1.20. The highest BCUT2D eigenvalue weighted by atomic mass is 16.5. The monoisotopic (exact) mass is 679 g/mol. The van der Waals surface area contributed by atoms with Gasteiger partial charge in [0.05, 0.1) is 13.7 Å². The molecule has 0 bridgehead atoms. The number of carbonyl (C=O) groups is 1. The van der Waals surface area contributed by atoms with Crippen LogP contribution < -0.4 is 24.4 Å². The molecule has 1 unspecified atom stereocenters. The third-order valence-electron chi connectivity index (χ3n) is 8.72. The van der Waals surface area contributed by atoms with Crippen LogP contribution in [0.3, 0.4) is 0 Å². The zero-order valence-corrected chi connectivity index (χ0v) is 29.8. The second kappa shape index (κ2) is 17.2. The molecule has 0 saturated carbocycles. The molecular formula is C41H49N3O6. The molecule has 9 heteroatoms. The lowest BCUT2D eigenvalue weighted by atomic mass is 10.00. The SMILES string of the molecule is CCCCOCCOc1ccc(-c2ccc3c(c2)C=C(C(=O)Nc2ccc(C(O)c4cc(C)cc[n+]4[O-])c(OC)c2)CCN3CC(C)C)cc1. The zero-order valence-electron chi connectivity index (χ0n) is 29.8. The molecule has 264 valence electrons. The molecular weight excluding hydrogens is 630 g/mol. The maximum atomic E-state index is 13.8. The lowest BCUT2D eigenvalue weighted by Crippen LogP contribution is -2.33. The van der Waals surface area contributed by atoms with Crippen LogP contribution in [0.4, 0.5) is 11.4 Å². The number of hydrogen-bond donors (Lipinski definition) is 2. The van der Waals surface area contributed by atoms with Crippen LogP contribution in [0.2, 0.25) is 0 Å². The predicted octanol–water partition coefficient (Wildman–Crippen LogP) is 7.47. The predicted molar refractivity (Wildman–Crippen MR) is 199 cm³/mol. The van der Waals surface area contributed by atoms with Crippen LogP contribution >= 0.6 is 0 Å². The van der Waals surface area contributed by atoms with E-state index in [0.29, 0.717) is 59.4 Å². The number of methoxy groups -OCH3 is 1. The van der Waals surface area contributed by atoms with Gasteiger partial charge in [-0.05, 0) is 84.3 Å². The van der Waals surface area contributed by atoms with Gasteiger partial charge in [0, 0.05) is 60.4 Å². The van der Waals surface area contributed by atoms with Crippen molar-refractivity contribution in [2.45, 2.75) is 53.1 Å². The first kappa shape index (κ1) is 36.4. The highest BCUT2D eigenvalue weighted by molar-refractivity contribution is 6.07. The van der Waals surface area contributed by atoms with Crippen LogP contribution in [0.15, 0.2) is 84.6 Å². The molecule has 0 aliphatic carbocycles. The molecule has 3 aromatic carbocycles. The van der Waals surface area contributed by atoms with E-state index in [-0.39, 0.29) is 11.6 Å². The lowest BCUT2D eigenvalue weighted by Gasteiger charge is -2.27. The van der Waals surface area contributed by atoms with Gasteiger partial charge in [-0.3, -0.25) is 4.79 Å². The van der Waals surface area contributed by atoms with Gasteiger partial charge >= 0.3 is 0 Å². The van der Waals surface area contributed by atoms with Gasteiger partial charge in [0.25, 0.3) is 5.91 Å². The van der Waals surface area contributed by atoms with Gasteiger partial charge in [0.15, 0.2) is 12.3 Å². The molecule has 5 rings (SSSR count).